The standard InChI is InChI=1S/C38H60N2O6S4Si2/c1-25(2)41-51(42-26(3)4,43-27(5)6)23-31(37-39-33-17-13-15-19-35(33)49-37)21-47-48-22-32(38-40-34-18-14-16-20-36(34)50-38)24-52(44-28(7)8,45-29(9)10)46-30(11)12/h13-20,25-32H,21-24H2,1-12H3. The van der Waals surface area contributed by atoms with Crippen LogP contribution in [0.3, 0.4) is 0 Å². The topological polar surface area (TPSA) is 81.2 Å². The van der Waals surface area contributed by atoms with E-state index in [1.165, 1.54) is 9.40 Å². The molecule has 8 nitrogen and oxygen atoms in total. The highest BCUT2D eigenvalue weighted by Crippen LogP contribution is 2.43. The maximum absolute atomic E-state index is 6.68. The Kier molecular flexibility index (Phi) is 17.1. The van der Waals surface area contributed by atoms with Crippen molar-refractivity contribution in [1.82, 2.24) is 9.97 Å². The van der Waals surface area contributed by atoms with E-state index >= 15 is 0 Å². The first-order valence-electron chi connectivity index (χ1n) is 18.6. The molecule has 0 spiro atoms. The number of hydrogen-bond donors (Lipinski definition) is 0. The summed E-state index contributed by atoms with van der Waals surface area (Å²) >= 11 is 3.52. The molecule has 0 aliphatic carbocycles. The Morgan fingerprint density at radius 1 is 0.481 bits per heavy atom. The van der Waals surface area contributed by atoms with Crippen LogP contribution in [0.25, 0.3) is 20.4 Å². The molecule has 4 rings (SSSR count). The van der Waals surface area contributed by atoms with E-state index in [0.29, 0.717) is 12.1 Å². The predicted molar refractivity (Wildman–Crippen MR) is 228 cm³/mol. The van der Waals surface area contributed by atoms with Gasteiger partial charge >= 0.3 is 17.6 Å². The summed E-state index contributed by atoms with van der Waals surface area (Å²) in [4.78, 5) is 10.3. The lowest BCUT2D eigenvalue weighted by Crippen LogP contribution is -2.51. The minimum Gasteiger partial charge on any atom is -0.371 e. The third-order valence-corrected chi connectivity index (χ3v) is 19.4. The fourth-order valence-corrected chi connectivity index (χ4v) is 18.8. The normalized spacial score (nSPS) is 14.4. The van der Waals surface area contributed by atoms with Crippen molar-refractivity contribution in [2.75, 3.05) is 11.5 Å². The van der Waals surface area contributed by atoms with Crippen molar-refractivity contribution in [3.63, 3.8) is 0 Å². The van der Waals surface area contributed by atoms with Crippen LogP contribution in [0.1, 0.15) is 105 Å². The number of rotatable bonds is 23. The minimum absolute atomic E-state index is 0.0320. The number of benzene rings is 2. The van der Waals surface area contributed by atoms with Gasteiger partial charge < -0.3 is 26.6 Å². The summed E-state index contributed by atoms with van der Waals surface area (Å²) in [7, 11) is -2.50. The molecule has 0 saturated heterocycles. The summed E-state index contributed by atoms with van der Waals surface area (Å²) < 4.78 is 42.4. The van der Waals surface area contributed by atoms with Crippen LogP contribution in [0.4, 0.5) is 0 Å². The quantitative estimate of drug-likeness (QED) is 0.0410. The van der Waals surface area contributed by atoms with E-state index in [9.17, 15) is 0 Å². The third-order valence-electron chi connectivity index (χ3n) is 7.43. The Labute approximate surface area is 330 Å². The maximum atomic E-state index is 6.68. The minimum atomic E-state index is -3.12. The maximum Gasteiger partial charge on any atom is 0.502 e. The highest BCUT2D eigenvalue weighted by atomic mass is 33.1. The molecule has 2 heterocycles. The fraction of sp³-hybridized carbons (Fsp3) is 0.632. The molecule has 2 unspecified atom stereocenters. The highest BCUT2D eigenvalue weighted by molar-refractivity contribution is 8.76. The number of fused-ring (bicyclic) bond motifs is 2. The van der Waals surface area contributed by atoms with Gasteiger partial charge in [-0.05, 0) is 107 Å². The third kappa shape index (κ3) is 13.4. The molecule has 0 amide bonds. The molecular formula is C38H60N2O6S4Si2. The number of nitrogens with zero attached hydrogens (tertiary/aromatic N) is 2. The summed E-state index contributed by atoms with van der Waals surface area (Å²) in [5, 5.41) is 2.18. The van der Waals surface area contributed by atoms with Gasteiger partial charge in [0.15, 0.2) is 0 Å². The van der Waals surface area contributed by atoms with Crippen molar-refractivity contribution in [2.24, 2.45) is 0 Å². The van der Waals surface area contributed by atoms with Crippen LogP contribution in [0.15, 0.2) is 48.5 Å². The van der Waals surface area contributed by atoms with Crippen LogP contribution >= 0.6 is 44.3 Å². The largest absolute Gasteiger partial charge is 0.502 e. The number of hydrogen-bond acceptors (Lipinski definition) is 12. The summed E-state index contributed by atoms with van der Waals surface area (Å²) in [5.74, 6) is 1.80. The van der Waals surface area contributed by atoms with Gasteiger partial charge in [-0.2, -0.15) is 0 Å². The number of aromatic nitrogens is 2. The van der Waals surface area contributed by atoms with Crippen molar-refractivity contribution >= 4 is 82.3 Å². The monoisotopic (exact) mass is 824 g/mol. The lowest BCUT2D eigenvalue weighted by molar-refractivity contribution is 0.00108. The van der Waals surface area contributed by atoms with Gasteiger partial charge in [0.05, 0.1) is 30.4 Å². The zero-order valence-corrected chi connectivity index (χ0v) is 38.3. The average Bonchev–Trinajstić information content (AvgIpc) is 3.64. The molecule has 290 valence electrons. The molecule has 2 aromatic heterocycles. The SMILES string of the molecule is CC(C)O[Si](CC(CSSCC(C[Si](OC(C)C)(OC(C)C)OC(C)C)c1nc2ccccc2s1)c1nc2ccccc2s1)(OC(C)C)OC(C)C. The van der Waals surface area contributed by atoms with Gasteiger partial charge in [0.25, 0.3) is 0 Å². The Balaban J connectivity index is 1.65. The van der Waals surface area contributed by atoms with Crippen molar-refractivity contribution in [3.8, 4) is 0 Å². The van der Waals surface area contributed by atoms with E-state index < -0.39 is 17.6 Å². The van der Waals surface area contributed by atoms with E-state index in [1.807, 2.05) is 21.6 Å². The molecule has 0 aliphatic rings. The molecule has 4 aromatic rings. The second-order valence-corrected chi connectivity index (χ2v) is 24.4. The smallest absolute Gasteiger partial charge is 0.371 e. The number of thiazole rings is 2. The van der Waals surface area contributed by atoms with Crippen LogP contribution < -0.4 is 0 Å². The van der Waals surface area contributed by atoms with E-state index in [2.05, 4.69) is 132 Å². The molecule has 2 atom stereocenters. The summed E-state index contributed by atoms with van der Waals surface area (Å²) in [5.41, 5.74) is 2.05. The van der Waals surface area contributed by atoms with Crippen molar-refractivity contribution in [3.05, 3.63) is 58.5 Å². The molecule has 0 N–H and O–H groups in total. The van der Waals surface area contributed by atoms with Crippen LogP contribution in [0.5, 0.6) is 0 Å². The van der Waals surface area contributed by atoms with E-state index in [1.54, 1.807) is 22.7 Å². The van der Waals surface area contributed by atoms with Gasteiger partial charge in [0, 0.05) is 72.1 Å². The second kappa shape index (κ2) is 20.3. The van der Waals surface area contributed by atoms with Gasteiger partial charge in [0.1, 0.15) is 0 Å². The van der Waals surface area contributed by atoms with Crippen LogP contribution in [-0.4, -0.2) is 75.7 Å². The Morgan fingerprint density at radius 3 is 1.04 bits per heavy atom. The first kappa shape index (κ1) is 43.8. The lowest BCUT2D eigenvalue weighted by Gasteiger charge is -2.36. The van der Waals surface area contributed by atoms with E-state index in [4.69, 9.17) is 36.5 Å². The van der Waals surface area contributed by atoms with Crippen LogP contribution in [0, 0.1) is 0 Å². The zero-order chi connectivity index (χ0) is 38.1. The Hall–Kier alpha value is -0.886. The Morgan fingerprint density at radius 2 is 0.769 bits per heavy atom. The van der Waals surface area contributed by atoms with Gasteiger partial charge in [-0.15, -0.1) is 22.7 Å². The van der Waals surface area contributed by atoms with E-state index in [0.717, 1.165) is 32.6 Å². The summed E-state index contributed by atoms with van der Waals surface area (Å²) in [6.07, 6.45) is -0.192. The van der Waals surface area contributed by atoms with Crippen LogP contribution in [-0.2, 0) is 26.6 Å². The summed E-state index contributed by atoms with van der Waals surface area (Å²) in [6.45, 7) is 24.7. The molecule has 0 aliphatic heterocycles. The fourth-order valence-electron chi connectivity index (χ4n) is 6.04. The molecule has 14 heteroatoms. The Bertz CT molecular complexity index is 1410. The van der Waals surface area contributed by atoms with Crippen LogP contribution in [0.2, 0.25) is 12.1 Å². The van der Waals surface area contributed by atoms with Crippen molar-refractivity contribution in [2.45, 2.75) is 144 Å². The van der Waals surface area contributed by atoms with Gasteiger partial charge in [-0.3, -0.25) is 0 Å². The average molecular weight is 825 g/mol. The molecule has 52 heavy (non-hydrogen) atoms. The van der Waals surface area contributed by atoms with Gasteiger partial charge in [0.2, 0.25) is 0 Å². The predicted octanol–water partition coefficient (Wildman–Crippen LogP) is 11.6. The highest BCUT2D eigenvalue weighted by Gasteiger charge is 2.48. The second-order valence-electron chi connectivity index (χ2n) is 14.8. The van der Waals surface area contributed by atoms with Gasteiger partial charge in [-0.1, -0.05) is 45.9 Å². The summed E-state index contributed by atoms with van der Waals surface area (Å²) in [6, 6.07) is 18.0. The van der Waals surface area contributed by atoms with E-state index in [-0.39, 0.29) is 48.5 Å². The molecule has 2 aromatic carbocycles. The zero-order valence-electron chi connectivity index (χ0n) is 33.0. The molecule has 0 bridgehead atoms. The molecular weight excluding hydrogens is 765 g/mol. The van der Waals surface area contributed by atoms with Crippen molar-refractivity contribution < 1.29 is 26.6 Å². The lowest BCUT2D eigenvalue weighted by atomic mass is 10.2. The molecule has 0 saturated carbocycles. The van der Waals surface area contributed by atoms with Gasteiger partial charge in [-0.25, -0.2) is 9.97 Å². The number of para-hydroxylation sites is 2. The first-order chi connectivity index (χ1) is 24.6. The molecule has 0 fully saturated rings. The first-order valence-corrected chi connectivity index (χ1v) is 26.6. The van der Waals surface area contributed by atoms with Crippen molar-refractivity contribution in [1.29, 1.82) is 0 Å². The molecule has 0 radical (unpaired) electrons.